The Morgan fingerprint density at radius 1 is 1.39 bits per heavy atom. The molecule has 0 bridgehead atoms. The molecule has 4 nitrogen and oxygen atoms in total. The van der Waals surface area contributed by atoms with E-state index in [-0.39, 0.29) is 6.54 Å². The number of nitrogens with one attached hydrogen (secondary N) is 1. The van der Waals surface area contributed by atoms with Crippen molar-refractivity contribution in [2.24, 2.45) is 5.92 Å². The van der Waals surface area contributed by atoms with E-state index in [1.54, 1.807) is 0 Å². The molecular weight excluding hydrogens is 228 g/mol. The number of nitrogens with zero attached hydrogens (tertiary/aromatic N) is 1. The van der Waals surface area contributed by atoms with Gasteiger partial charge < -0.3 is 10.4 Å². The predicted molar refractivity (Wildman–Crippen MR) is 70.3 cm³/mol. The van der Waals surface area contributed by atoms with Crippen LogP contribution in [0.25, 0.3) is 0 Å². The van der Waals surface area contributed by atoms with Crippen LogP contribution in [0.15, 0.2) is 30.3 Å². The molecule has 1 aliphatic rings. The molecule has 1 aromatic carbocycles. The van der Waals surface area contributed by atoms with Crippen molar-refractivity contribution < 1.29 is 9.90 Å². The summed E-state index contributed by atoms with van der Waals surface area (Å²) < 4.78 is 0. The Morgan fingerprint density at radius 3 is 2.89 bits per heavy atom. The number of carboxylic acid groups (broad SMARTS) is 1. The van der Waals surface area contributed by atoms with Crippen LogP contribution in [-0.4, -0.2) is 42.2 Å². The topological polar surface area (TPSA) is 52.6 Å². The van der Waals surface area contributed by atoms with Crippen LogP contribution < -0.4 is 5.32 Å². The standard InChI is InChI=1S/C14H20N2O2/c17-14(18)9-15-8-13-6-7-16(11-13)10-12-4-2-1-3-5-12/h1-5,13,15H,6-11H2,(H,17,18)/t13-/m1/s1. The van der Waals surface area contributed by atoms with Crippen molar-refractivity contribution in [2.75, 3.05) is 26.2 Å². The third-order valence-electron chi connectivity index (χ3n) is 3.33. The van der Waals surface area contributed by atoms with Crippen molar-refractivity contribution in [3.8, 4) is 0 Å². The number of rotatable bonds is 6. The fraction of sp³-hybridized carbons (Fsp3) is 0.500. The number of carbonyl (C=O) groups is 1. The molecule has 0 aliphatic carbocycles. The summed E-state index contributed by atoms with van der Waals surface area (Å²) in [5.41, 5.74) is 1.34. The Morgan fingerprint density at radius 2 is 2.17 bits per heavy atom. The van der Waals surface area contributed by atoms with Crippen LogP contribution in [0.1, 0.15) is 12.0 Å². The molecular formula is C14H20N2O2. The molecule has 98 valence electrons. The number of carboxylic acids is 1. The van der Waals surface area contributed by atoms with E-state index in [2.05, 4.69) is 34.5 Å². The molecule has 0 unspecified atom stereocenters. The average Bonchev–Trinajstić information content (AvgIpc) is 2.78. The van der Waals surface area contributed by atoms with E-state index in [0.717, 1.165) is 32.6 Å². The fourth-order valence-corrected chi connectivity index (χ4v) is 2.45. The summed E-state index contributed by atoms with van der Waals surface area (Å²) in [6, 6.07) is 10.5. The lowest BCUT2D eigenvalue weighted by Crippen LogP contribution is -2.30. The van der Waals surface area contributed by atoms with E-state index in [0.29, 0.717) is 5.92 Å². The molecule has 0 radical (unpaired) electrons. The molecule has 1 fully saturated rings. The summed E-state index contributed by atoms with van der Waals surface area (Å²) >= 11 is 0. The summed E-state index contributed by atoms with van der Waals surface area (Å²) in [4.78, 5) is 12.8. The number of benzene rings is 1. The number of aliphatic carboxylic acids is 1. The van der Waals surface area contributed by atoms with Crippen LogP contribution in [0, 0.1) is 5.92 Å². The Bertz CT molecular complexity index is 381. The highest BCUT2D eigenvalue weighted by Crippen LogP contribution is 2.17. The monoisotopic (exact) mass is 248 g/mol. The molecule has 1 saturated heterocycles. The first-order chi connectivity index (χ1) is 8.74. The van der Waals surface area contributed by atoms with Gasteiger partial charge in [0, 0.05) is 13.1 Å². The van der Waals surface area contributed by atoms with E-state index in [1.807, 2.05) is 6.07 Å². The molecule has 0 spiro atoms. The summed E-state index contributed by atoms with van der Waals surface area (Å²) in [5.74, 6) is -0.206. The highest BCUT2D eigenvalue weighted by Gasteiger charge is 2.21. The quantitative estimate of drug-likeness (QED) is 0.794. The smallest absolute Gasteiger partial charge is 0.317 e. The third-order valence-corrected chi connectivity index (χ3v) is 3.33. The molecule has 4 heteroatoms. The first kappa shape index (κ1) is 13.1. The van der Waals surface area contributed by atoms with Crippen LogP contribution in [0.4, 0.5) is 0 Å². The third kappa shape index (κ3) is 4.13. The van der Waals surface area contributed by atoms with Gasteiger partial charge in [0.15, 0.2) is 0 Å². The highest BCUT2D eigenvalue weighted by atomic mass is 16.4. The Labute approximate surface area is 108 Å². The molecule has 18 heavy (non-hydrogen) atoms. The maximum Gasteiger partial charge on any atom is 0.317 e. The summed E-state index contributed by atoms with van der Waals surface area (Å²) in [6.45, 7) is 4.03. The average molecular weight is 248 g/mol. The first-order valence-electron chi connectivity index (χ1n) is 6.43. The van der Waals surface area contributed by atoms with Gasteiger partial charge in [-0.05, 0) is 31.0 Å². The molecule has 1 aliphatic heterocycles. The molecule has 0 amide bonds. The zero-order chi connectivity index (χ0) is 12.8. The van der Waals surface area contributed by atoms with E-state index >= 15 is 0 Å². The van der Waals surface area contributed by atoms with Crippen LogP contribution in [0.3, 0.4) is 0 Å². The van der Waals surface area contributed by atoms with Crippen LogP contribution in [-0.2, 0) is 11.3 Å². The minimum atomic E-state index is -0.783. The van der Waals surface area contributed by atoms with E-state index in [1.165, 1.54) is 5.56 Å². The number of likely N-dealkylation sites (tertiary alicyclic amines) is 1. The SMILES string of the molecule is O=C(O)CNC[C@H]1CCN(Cc2ccccc2)C1. The largest absolute Gasteiger partial charge is 0.480 e. The molecule has 2 N–H and O–H groups in total. The van der Waals surface area contributed by atoms with Crippen molar-refractivity contribution in [3.05, 3.63) is 35.9 Å². The Balaban J connectivity index is 1.70. The second-order valence-corrected chi connectivity index (χ2v) is 4.90. The predicted octanol–water partition coefficient (Wildman–Crippen LogP) is 1.18. The zero-order valence-corrected chi connectivity index (χ0v) is 10.5. The van der Waals surface area contributed by atoms with Crippen molar-refractivity contribution in [2.45, 2.75) is 13.0 Å². The lowest BCUT2D eigenvalue weighted by atomic mass is 10.1. The van der Waals surface area contributed by atoms with Crippen LogP contribution in [0.5, 0.6) is 0 Å². The van der Waals surface area contributed by atoms with Crippen molar-refractivity contribution in [3.63, 3.8) is 0 Å². The Kier molecular flexibility index (Phi) is 4.73. The van der Waals surface area contributed by atoms with Gasteiger partial charge in [-0.2, -0.15) is 0 Å². The molecule has 1 heterocycles. The van der Waals surface area contributed by atoms with Gasteiger partial charge in [-0.1, -0.05) is 30.3 Å². The lowest BCUT2D eigenvalue weighted by Gasteiger charge is -2.16. The molecule has 0 saturated carbocycles. The fourth-order valence-electron chi connectivity index (χ4n) is 2.45. The van der Waals surface area contributed by atoms with E-state index in [9.17, 15) is 4.79 Å². The molecule has 0 aromatic heterocycles. The van der Waals surface area contributed by atoms with Gasteiger partial charge in [0.2, 0.25) is 0 Å². The minimum Gasteiger partial charge on any atom is -0.480 e. The second kappa shape index (κ2) is 6.52. The van der Waals surface area contributed by atoms with Gasteiger partial charge in [-0.25, -0.2) is 0 Å². The molecule has 2 rings (SSSR count). The second-order valence-electron chi connectivity index (χ2n) is 4.90. The summed E-state index contributed by atoms with van der Waals surface area (Å²) in [7, 11) is 0. The maximum atomic E-state index is 10.4. The van der Waals surface area contributed by atoms with E-state index < -0.39 is 5.97 Å². The lowest BCUT2D eigenvalue weighted by molar-refractivity contribution is -0.135. The van der Waals surface area contributed by atoms with Gasteiger partial charge in [-0.15, -0.1) is 0 Å². The summed E-state index contributed by atoms with van der Waals surface area (Å²) in [6.07, 6.45) is 1.15. The van der Waals surface area contributed by atoms with Crippen molar-refractivity contribution >= 4 is 5.97 Å². The highest BCUT2D eigenvalue weighted by molar-refractivity contribution is 5.68. The summed E-state index contributed by atoms with van der Waals surface area (Å²) in [5, 5.41) is 11.5. The minimum absolute atomic E-state index is 0.0647. The van der Waals surface area contributed by atoms with E-state index in [4.69, 9.17) is 5.11 Å². The van der Waals surface area contributed by atoms with Crippen LogP contribution >= 0.6 is 0 Å². The molecule has 1 atom stereocenters. The number of hydrogen-bond donors (Lipinski definition) is 2. The van der Waals surface area contributed by atoms with Gasteiger partial charge in [0.05, 0.1) is 6.54 Å². The van der Waals surface area contributed by atoms with Crippen molar-refractivity contribution in [1.82, 2.24) is 10.2 Å². The number of hydrogen-bond acceptors (Lipinski definition) is 3. The zero-order valence-electron chi connectivity index (χ0n) is 10.5. The maximum absolute atomic E-state index is 10.4. The normalized spacial score (nSPS) is 20.1. The van der Waals surface area contributed by atoms with Crippen LogP contribution in [0.2, 0.25) is 0 Å². The van der Waals surface area contributed by atoms with Gasteiger partial charge in [-0.3, -0.25) is 9.69 Å². The van der Waals surface area contributed by atoms with Gasteiger partial charge in [0.1, 0.15) is 0 Å². The first-order valence-corrected chi connectivity index (χ1v) is 6.43. The van der Waals surface area contributed by atoms with Gasteiger partial charge >= 0.3 is 5.97 Å². The Hall–Kier alpha value is -1.39. The van der Waals surface area contributed by atoms with Crippen molar-refractivity contribution in [1.29, 1.82) is 0 Å². The molecule has 1 aromatic rings. The van der Waals surface area contributed by atoms with Gasteiger partial charge in [0.25, 0.3) is 0 Å².